The lowest BCUT2D eigenvalue weighted by molar-refractivity contribution is 0.323. The fourth-order valence-electron chi connectivity index (χ4n) is 2.28. The van der Waals surface area contributed by atoms with Gasteiger partial charge in [-0.25, -0.2) is 0 Å². The van der Waals surface area contributed by atoms with Crippen LogP contribution < -0.4 is 19.5 Å². The van der Waals surface area contributed by atoms with Crippen LogP contribution in [0.25, 0.3) is 0 Å². The van der Waals surface area contributed by atoms with Gasteiger partial charge in [-0.2, -0.15) is 5.10 Å². The summed E-state index contributed by atoms with van der Waals surface area (Å²) >= 11 is 0. The second kappa shape index (κ2) is 9.27. The van der Waals surface area contributed by atoms with Gasteiger partial charge in [-0.3, -0.25) is 4.68 Å². The Hall–Kier alpha value is -1.92. The standard InChI is InChI=1S/C16H23N3O3.ClH/c1-12(11-19-7-5-6-18-19)17-10-13-8-14(20-2)16(22-4)15(9-13)21-3;/h5-9,12,17H,10-11H2,1-4H3;1H. The first-order chi connectivity index (χ1) is 10.7. The molecule has 0 amide bonds. The molecule has 0 spiro atoms. The second-order valence-corrected chi connectivity index (χ2v) is 5.04. The molecule has 23 heavy (non-hydrogen) atoms. The third-order valence-corrected chi connectivity index (χ3v) is 3.40. The molecule has 0 saturated carbocycles. The molecule has 0 aliphatic heterocycles. The molecule has 6 nitrogen and oxygen atoms in total. The average molecular weight is 342 g/mol. The number of halogens is 1. The number of aromatic nitrogens is 2. The minimum absolute atomic E-state index is 0. The Kier molecular flexibility index (Phi) is 7.71. The highest BCUT2D eigenvalue weighted by Crippen LogP contribution is 2.38. The predicted molar refractivity (Wildman–Crippen MR) is 91.9 cm³/mol. The van der Waals surface area contributed by atoms with E-state index in [9.17, 15) is 0 Å². The lowest BCUT2D eigenvalue weighted by Gasteiger charge is -2.17. The Labute approximate surface area is 143 Å². The summed E-state index contributed by atoms with van der Waals surface area (Å²) in [6.45, 7) is 3.65. The zero-order valence-corrected chi connectivity index (χ0v) is 14.7. The summed E-state index contributed by atoms with van der Waals surface area (Å²) in [5.41, 5.74) is 1.07. The van der Waals surface area contributed by atoms with Crippen molar-refractivity contribution in [3.05, 3.63) is 36.2 Å². The molecule has 1 unspecified atom stereocenters. The van der Waals surface area contributed by atoms with Gasteiger partial charge in [-0.1, -0.05) is 0 Å². The third kappa shape index (κ3) is 5.04. The van der Waals surface area contributed by atoms with Crippen molar-refractivity contribution in [3.8, 4) is 17.2 Å². The number of hydrogen-bond acceptors (Lipinski definition) is 5. The molecule has 1 aromatic carbocycles. The molecule has 0 bridgehead atoms. The molecule has 1 aromatic heterocycles. The van der Waals surface area contributed by atoms with Gasteiger partial charge in [0, 0.05) is 25.0 Å². The van der Waals surface area contributed by atoms with Gasteiger partial charge >= 0.3 is 0 Å². The molecule has 0 fully saturated rings. The molecule has 2 rings (SSSR count). The van der Waals surface area contributed by atoms with E-state index < -0.39 is 0 Å². The van der Waals surface area contributed by atoms with Crippen molar-refractivity contribution in [2.75, 3.05) is 21.3 Å². The highest BCUT2D eigenvalue weighted by molar-refractivity contribution is 5.85. The lowest BCUT2D eigenvalue weighted by Crippen LogP contribution is -2.30. The normalized spacial score (nSPS) is 11.5. The van der Waals surface area contributed by atoms with Gasteiger partial charge in [0.25, 0.3) is 0 Å². The highest BCUT2D eigenvalue weighted by atomic mass is 35.5. The fraction of sp³-hybridized carbons (Fsp3) is 0.438. The molecule has 0 saturated heterocycles. The minimum atomic E-state index is 0. The first kappa shape index (κ1) is 19.1. The molecule has 2 aromatic rings. The summed E-state index contributed by atoms with van der Waals surface area (Å²) in [4.78, 5) is 0. The van der Waals surface area contributed by atoms with Crippen molar-refractivity contribution < 1.29 is 14.2 Å². The van der Waals surface area contributed by atoms with E-state index in [-0.39, 0.29) is 12.4 Å². The van der Waals surface area contributed by atoms with E-state index in [0.717, 1.165) is 12.1 Å². The molecule has 1 N–H and O–H groups in total. The van der Waals surface area contributed by atoms with Gasteiger partial charge in [-0.05, 0) is 30.7 Å². The smallest absolute Gasteiger partial charge is 0.203 e. The van der Waals surface area contributed by atoms with Crippen LogP contribution in [-0.2, 0) is 13.1 Å². The molecular weight excluding hydrogens is 318 g/mol. The molecule has 0 aliphatic rings. The van der Waals surface area contributed by atoms with Gasteiger partial charge in [0.05, 0.1) is 27.9 Å². The Balaban J connectivity index is 0.00000264. The summed E-state index contributed by atoms with van der Waals surface area (Å²) < 4.78 is 18.0. The lowest BCUT2D eigenvalue weighted by atomic mass is 10.1. The largest absolute Gasteiger partial charge is 0.493 e. The van der Waals surface area contributed by atoms with Crippen molar-refractivity contribution in [1.82, 2.24) is 15.1 Å². The zero-order valence-electron chi connectivity index (χ0n) is 13.9. The number of hydrogen-bond donors (Lipinski definition) is 1. The highest BCUT2D eigenvalue weighted by Gasteiger charge is 2.13. The van der Waals surface area contributed by atoms with Crippen molar-refractivity contribution >= 4 is 12.4 Å². The Morgan fingerprint density at radius 1 is 1.13 bits per heavy atom. The van der Waals surface area contributed by atoms with Gasteiger partial charge in [0.2, 0.25) is 5.75 Å². The maximum atomic E-state index is 5.36. The van der Waals surface area contributed by atoms with Crippen LogP contribution in [0.4, 0.5) is 0 Å². The summed E-state index contributed by atoms with van der Waals surface area (Å²) in [5, 5.41) is 7.67. The van der Waals surface area contributed by atoms with Crippen LogP contribution in [0.2, 0.25) is 0 Å². The van der Waals surface area contributed by atoms with Crippen molar-refractivity contribution in [1.29, 1.82) is 0 Å². The van der Waals surface area contributed by atoms with E-state index in [2.05, 4.69) is 17.3 Å². The Bertz CT molecular complexity index is 565. The summed E-state index contributed by atoms with van der Waals surface area (Å²) in [6.07, 6.45) is 3.74. The molecule has 1 atom stereocenters. The van der Waals surface area contributed by atoms with Crippen molar-refractivity contribution in [3.63, 3.8) is 0 Å². The van der Waals surface area contributed by atoms with Crippen molar-refractivity contribution in [2.24, 2.45) is 0 Å². The van der Waals surface area contributed by atoms with Crippen LogP contribution in [0.1, 0.15) is 12.5 Å². The number of nitrogens with zero attached hydrogens (tertiary/aromatic N) is 2. The van der Waals surface area contributed by atoms with Crippen LogP contribution in [0.15, 0.2) is 30.6 Å². The monoisotopic (exact) mass is 341 g/mol. The first-order valence-corrected chi connectivity index (χ1v) is 7.17. The molecular formula is C16H24ClN3O3. The predicted octanol–water partition coefficient (Wildman–Crippen LogP) is 2.51. The van der Waals surface area contributed by atoms with Gasteiger partial charge in [0.1, 0.15) is 0 Å². The van der Waals surface area contributed by atoms with Gasteiger partial charge in [0.15, 0.2) is 11.5 Å². The topological polar surface area (TPSA) is 57.5 Å². The number of ether oxygens (including phenoxy) is 3. The van der Waals surface area contributed by atoms with Crippen LogP contribution in [0.5, 0.6) is 17.2 Å². The number of nitrogens with one attached hydrogen (secondary N) is 1. The molecule has 1 heterocycles. The maximum absolute atomic E-state index is 5.36. The summed E-state index contributed by atoms with van der Waals surface area (Å²) in [5.74, 6) is 1.94. The SMILES string of the molecule is COc1cc(CNC(C)Cn2cccn2)cc(OC)c1OC.Cl. The van der Waals surface area contributed by atoms with E-state index in [1.54, 1.807) is 27.5 Å². The minimum Gasteiger partial charge on any atom is -0.493 e. The average Bonchev–Trinajstić information content (AvgIpc) is 3.04. The van der Waals surface area contributed by atoms with E-state index >= 15 is 0 Å². The van der Waals surface area contributed by atoms with Crippen LogP contribution in [0.3, 0.4) is 0 Å². The summed E-state index contributed by atoms with van der Waals surface area (Å²) in [7, 11) is 4.84. The van der Waals surface area contributed by atoms with Gasteiger partial charge in [-0.15, -0.1) is 12.4 Å². The molecule has 7 heteroatoms. The Morgan fingerprint density at radius 3 is 2.26 bits per heavy atom. The van der Waals surface area contributed by atoms with E-state index in [1.165, 1.54) is 0 Å². The van der Waals surface area contributed by atoms with E-state index in [4.69, 9.17) is 14.2 Å². The van der Waals surface area contributed by atoms with E-state index in [1.807, 2.05) is 29.1 Å². The summed E-state index contributed by atoms with van der Waals surface area (Å²) in [6, 6.07) is 6.12. The van der Waals surface area contributed by atoms with Crippen LogP contribution >= 0.6 is 12.4 Å². The van der Waals surface area contributed by atoms with Crippen LogP contribution in [-0.4, -0.2) is 37.2 Å². The van der Waals surface area contributed by atoms with Crippen LogP contribution in [0, 0.1) is 0 Å². The van der Waals surface area contributed by atoms with Gasteiger partial charge < -0.3 is 19.5 Å². The Morgan fingerprint density at radius 2 is 1.78 bits per heavy atom. The fourth-order valence-corrected chi connectivity index (χ4v) is 2.28. The first-order valence-electron chi connectivity index (χ1n) is 7.17. The molecule has 0 radical (unpaired) electrons. The second-order valence-electron chi connectivity index (χ2n) is 5.04. The number of benzene rings is 1. The third-order valence-electron chi connectivity index (χ3n) is 3.40. The zero-order chi connectivity index (χ0) is 15.9. The number of methoxy groups -OCH3 is 3. The quantitative estimate of drug-likeness (QED) is 0.799. The number of rotatable bonds is 8. The van der Waals surface area contributed by atoms with Crippen molar-refractivity contribution in [2.45, 2.75) is 26.1 Å². The maximum Gasteiger partial charge on any atom is 0.203 e. The molecule has 0 aliphatic carbocycles. The van der Waals surface area contributed by atoms with E-state index in [0.29, 0.717) is 29.8 Å². The molecule has 128 valence electrons.